The molecular formula is C12H28S. The summed E-state index contributed by atoms with van der Waals surface area (Å²) in [5.74, 6) is 1.01. The summed E-state index contributed by atoms with van der Waals surface area (Å²) in [5, 5.41) is 0.987. The van der Waals surface area contributed by atoms with E-state index in [9.17, 15) is 0 Å². The topological polar surface area (TPSA) is 0 Å². The molecule has 82 valence electrons. The molecule has 13 heavy (non-hydrogen) atoms. The van der Waals surface area contributed by atoms with Gasteiger partial charge in [0.15, 0.2) is 0 Å². The van der Waals surface area contributed by atoms with E-state index in [0.29, 0.717) is 0 Å². The maximum Gasteiger partial charge on any atom is 0.00444 e. The lowest BCUT2D eigenvalue weighted by Crippen LogP contribution is -2.13. The summed E-state index contributed by atoms with van der Waals surface area (Å²) in [6, 6.07) is 0. The van der Waals surface area contributed by atoms with E-state index >= 15 is 0 Å². The average molecular weight is 204 g/mol. The van der Waals surface area contributed by atoms with Crippen molar-refractivity contribution in [2.75, 3.05) is 6.26 Å². The van der Waals surface area contributed by atoms with E-state index in [0.717, 1.165) is 11.2 Å². The second kappa shape index (κ2) is 12.3. The maximum atomic E-state index is 2.37. The molecule has 0 nitrogen and oxygen atoms in total. The molecule has 0 spiro atoms. The SMILES string of the molecule is CC.CC.CSC1CCC(C)CC1. The van der Waals surface area contributed by atoms with Crippen molar-refractivity contribution in [1.29, 1.82) is 0 Å². The highest BCUT2D eigenvalue weighted by Crippen LogP contribution is 2.29. The first-order chi connectivity index (χ1) is 6.33. The van der Waals surface area contributed by atoms with Crippen LogP contribution in [0.15, 0.2) is 0 Å². The zero-order valence-corrected chi connectivity index (χ0v) is 11.2. The molecule has 1 aliphatic carbocycles. The van der Waals surface area contributed by atoms with Crippen molar-refractivity contribution in [3.05, 3.63) is 0 Å². The summed E-state index contributed by atoms with van der Waals surface area (Å²) in [4.78, 5) is 0. The highest BCUT2D eigenvalue weighted by molar-refractivity contribution is 7.99. The van der Waals surface area contributed by atoms with Crippen LogP contribution in [0.2, 0.25) is 0 Å². The summed E-state index contributed by atoms with van der Waals surface area (Å²) in [7, 11) is 0. The van der Waals surface area contributed by atoms with Crippen molar-refractivity contribution in [1.82, 2.24) is 0 Å². The third-order valence-corrected chi connectivity index (χ3v) is 3.43. The van der Waals surface area contributed by atoms with Crippen LogP contribution in [-0.4, -0.2) is 11.5 Å². The summed E-state index contributed by atoms with van der Waals surface area (Å²) in [6.07, 6.45) is 8.09. The Kier molecular flexibility index (Phi) is 15.0. The molecule has 0 amide bonds. The van der Waals surface area contributed by atoms with Crippen LogP contribution in [0.5, 0.6) is 0 Å². The fourth-order valence-electron chi connectivity index (χ4n) is 1.47. The molecule has 0 aromatic heterocycles. The Morgan fingerprint density at radius 2 is 1.23 bits per heavy atom. The minimum atomic E-state index is 0.987. The Morgan fingerprint density at radius 1 is 0.846 bits per heavy atom. The van der Waals surface area contributed by atoms with Crippen molar-refractivity contribution >= 4 is 11.8 Å². The molecule has 0 heterocycles. The summed E-state index contributed by atoms with van der Waals surface area (Å²) in [6.45, 7) is 10.4. The van der Waals surface area contributed by atoms with Gasteiger partial charge in [-0.2, -0.15) is 11.8 Å². The predicted octanol–water partition coefficient (Wildman–Crippen LogP) is 4.98. The van der Waals surface area contributed by atoms with Gasteiger partial charge < -0.3 is 0 Å². The average Bonchev–Trinajstić information content (AvgIpc) is 2.25. The van der Waals surface area contributed by atoms with Crippen LogP contribution in [0, 0.1) is 5.92 Å². The first-order valence-corrected chi connectivity index (χ1v) is 7.14. The first-order valence-electron chi connectivity index (χ1n) is 5.85. The molecule has 0 atom stereocenters. The summed E-state index contributed by atoms with van der Waals surface area (Å²) in [5.41, 5.74) is 0. The molecule has 1 fully saturated rings. The van der Waals surface area contributed by atoms with E-state index < -0.39 is 0 Å². The number of hydrogen-bond donors (Lipinski definition) is 0. The Morgan fingerprint density at radius 3 is 1.54 bits per heavy atom. The molecule has 1 saturated carbocycles. The molecule has 0 aliphatic heterocycles. The van der Waals surface area contributed by atoms with Crippen LogP contribution in [0.4, 0.5) is 0 Å². The number of rotatable bonds is 1. The lowest BCUT2D eigenvalue weighted by molar-refractivity contribution is 0.393. The van der Waals surface area contributed by atoms with E-state index in [1.807, 2.05) is 39.5 Å². The van der Waals surface area contributed by atoms with Crippen molar-refractivity contribution in [3.8, 4) is 0 Å². The Balaban J connectivity index is 0. The minimum absolute atomic E-state index is 0.987. The van der Waals surface area contributed by atoms with Gasteiger partial charge in [-0.05, 0) is 37.9 Å². The number of thioether (sulfide) groups is 1. The lowest BCUT2D eigenvalue weighted by atomic mass is 9.91. The molecule has 0 N–H and O–H groups in total. The van der Waals surface area contributed by atoms with Gasteiger partial charge in [0.25, 0.3) is 0 Å². The molecule has 1 rings (SSSR count). The molecule has 0 aromatic rings. The van der Waals surface area contributed by atoms with Crippen LogP contribution in [0.25, 0.3) is 0 Å². The monoisotopic (exact) mass is 204 g/mol. The highest BCUT2D eigenvalue weighted by Gasteiger charge is 2.16. The fourth-order valence-corrected chi connectivity index (χ4v) is 2.21. The minimum Gasteiger partial charge on any atom is -0.162 e. The molecule has 1 aliphatic rings. The van der Waals surface area contributed by atoms with Crippen LogP contribution in [-0.2, 0) is 0 Å². The van der Waals surface area contributed by atoms with Gasteiger partial charge in [0.1, 0.15) is 0 Å². The zero-order chi connectivity index (χ0) is 10.7. The number of hydrogen-bond acceptors (Lipinski definition) is 1. The van der Waals surface area contributed by atoms with Gasteiger partial charge in [-0.15, -0.1) is 0 Å². The van der Waals surface area contributed by atoms with Gasteiger partial charge in [0, 0.05) is 5.25 Å². The van der Waals surface area contributed by atoms with Crippen molar-refractivity contribution in [2.45, 2.75) is 65.6 Å². The van der Waals surface area contributed by atoms with Crippen molar-refractivity contribution in [2.24, 2.45) is 5.92 Å². The molecular weight excluding hydrogens is 176 g/mol. The zero-order valence-electron chi connectivity index (χ0n) is 10.4. The molecule has 0 unspecified atom stereocenters. The van der Waals surface area contributed by atoms with Crippen molar-refractivity contribution in [3.63, 3.8) is 0 Å². The first kappa shape index (κ1) is 15.8. The van der Waals surface area contributed by atoms with E-state index in [1.54, 1.807) is 0 Å². The second-order valence-electron chi connectivity index (χ2n) is 3.12. The molecule has 0 radical (unpaired) electrons. The Hall–Kier alpha value is 0.350. The molecule has 0 bridgehead atoms. The van der Waals surface area contributed by atoms with Crippen LogP contribution in [0.1, 0.15) is 60.3 Å². The summed E-state index contributed by atoms with van der Waals surface area (Å²) < 4.78 is 0. The summed E-state index contributed by atoms with van der Waals surface area (Å²) >= 11 is 2.05. The van der Waals surface area contributed by atoms with Gasteiger partial charge in [-0.1, -0.05) is 34.6 Å². The van der Waals surface area contributed by atoms with E-state index in [2.05, 4.69) is 13.2 Å². The third kappa shape index (κ3) is 8.67. The quantitative estimate of drug-likeness (QED) is 0.580. The lowest BCUT2D eigenvalue weighted by Gasteiger charge is -2.24. The standard InChI is InChI=1S/C8H16S.2C2H6/c1-7-3-5-8(9-2)6-4-7;2*1-2/h7-8H,3-6H2,1-2H3;2*1-2H3. The van der Waals surface area contributed by atoms with E-state index in [1.165, 1.54) is 25.7 Å². The normalized spacial score (nSPS) is 26.3. The second-order valence-corrected chi connectivity index (χ2v) is 4.26. The van der Waals surface area contributed by atoms with E-state index in [-0.39, 0.29) is 0 Å². The Bertz CT molecular complexity index is 73.2. The van der Waals surface area contributed by atoms with Gasteiger partial charge in [0.05, 0.1) is 0 Å². The molecule has 0 saturated heterocycles. The Labute approximate surface area is 89.9 Å². The van der Waals surface area contributed by atoms with Gasteiger partial charge in [0.2, 0.25) is 0 Å². The van der Waals surface area contributed by atoms with Crippen LogP contribution < -0.4 is 0 Å². The fraction of sp³-hybridized carbons (Fsp3) is 1.00. The van der Waals surface area contributed by atoms with Gasteiger partial charge in [-0.3, -0.25) is 0 Å². The maximum absolute atomic E-state index is 2.37. The van der Waals surface area contributed by atoms with Crippen molar-refractivity contribution < 1.29 is 0 Å². The van der Waals surface area contributed by atoms with Gasteiger partial charge in [-0.25, -0.2) is 0 Å². The van der Waals surface area contributed by atoms with Gasteiger partial charge >= 0.3 is 0 Å². The third-order valence-electron chi connectivity index (χ3n) is 2.30. The van der Waals surface area contributed by atoms with Crippen LogP contribution in [0.3, 0.4) is 0 Å². The highest BCUT2D eigenvalue weighted by atomic mass is 32.2. The molecule has 1 heteroatoms. The van der Waals surface area contributed by atoms with Crippen LogP contribution >= 0.6 is 11.8 Å². The molecule has 0 aromatic carbocycles. The largest absolute Gasteiger partial charge is 0.162 e. The predicted molar refractivity (Wildman–Crippen MR) is 67.6 cm³/mol. The smallest absolute Gasteiger partial charge is 0.00444 e. The van der Waals surface area contributed by atoms with E-state index in [4.69, 9.17) is 0 Å².